The molecule has 1 aliphatic heterocycles. The van der Waals surface area contributed by atoms with E-state index in [1.807, 2.05) is 0 Å². The summed E-state index contributed by atoms with van der Waals surface area (Å²) in [6, 6.07) is 9.81. The van der Waals surface area contributed by atoms with Gasteiger partial charge in [-0.3, -0.25) is 0 Å². The van der Waals surface area contributed by atoms with Gasteiger partial charge in [-0.05, 0) is 48.7 Å². The van der Waals surface area contributed by atoms with E-state index < -0.39 is 11.8 Å². The Bertz CT molecular complexity index is 896. The van der Waals surface area contributed by atoms with Crippen molar-refractivity contribution in [1.82, 2.24) is 0 Å². The first-order chi connectivity index (χ1) is 14.1. The first-order valence-corrected chi connectivity index (χ1v) is 9.62. The number of halogens is 1. The standard InChI is InChI=1S/C23H23FO5.2H2/c1-3-5-6-7-19-14-16-8-13-20(22(24)21(16)23(25)29-19)28-15-27-18-11-9-17(10-12-18)26-4-2;;/h2,8-13,19H,3,5-7,14-15H2,1H3;2*1H. The highest BCUT2D eigenvalue weighted by atomic mass is 19.1. The Hall–Kier alpha value is -3.20. The molecule has 1 heterocycles. The van der Waals surface area contributed by atoms with Gasteiger partial charge in [0, 0.05) is 9.27 Å². The van der Waals surface area contributed by atoms with Crippen molar-refractivity contribution in [3.63, 3.8) is 0 Å². The molecule has 0 radical (unpaired) electrons. The molecule has 6 heteroatoms. The van der Waals surface area contributed by atoms with Gasteiger partial charge in [0.15, 0.2) is 11.6 Å². The number of carbonyl (C=O) groups excluding carboxylic acids is 1. The minimum absolute atomic E-state index is 0. The Kier molecular flexibility index (Phi) is 6.96. The van der Waals surface area contributed by atoms with E-state index in [1.165, 1.54) is 6.07 Å². The number of unbranched alkanes of at least 4 members (excludes halogenated alkanes) is 2. The van der Waals surface area contributed by atoms with Gasteiger partial charge in [0.2, 0.25) is 6.79 Å². The fourth-order valence-corrected chi connectivity index (χ4v) is 3.21. The van der Waals surface area contributed by atoms with Gasteiger partial charge >= 0.3 is 5.97 Å². The lowest BCUT2D eigenvalue weighted by atomic mass is 9.95. The molecule has 0 saturated heterocycles. The molecule has 0 saturated carbocycles. The molecule has 29 heavy (non-hydrogen) atoms. The van der Waals surface area contributed by atoms with E-state index in [0.717, 1.165) is 25.7 Å². The monoisotopic (exact) mass is 402 g/mol. The molecule has 0 N–H and O–H groups in total. The van der Waals surface area contributed by atoms with Crippen LogP contribution in [-0.4, -0.2) is 18.9 Å². The van der Waals surface area contributed by atoms with E-state index in [-0.39, 0.29) is 27.1 Å². The van der Waals surface area contributed by atoms with Crippen LogP contribution in [0.4, 0.5) is 4.39 Å². The van der Waals surface area contributed by atoms with Crippen molar-refractivity contribution < 1.29 is 31.0 Å². The number of rotatable bonds is 9. The molecule has 0 aliphatic carbocycles. The van der Waals surface area contributed by atoms with Crippen molar-refractivity contribution in [3.05, 3.63) is 53.3 Å². The van der Waals surface area contributed by atoms with Crippen LogP contribution in [0.25, 0.3) is 0 Å². The fraction of sp³-hybridized carbons (Fsp3) is 0.348. The van der Waals surface area contributed by atoms with Crippen LogP contribution in [0.1, 0.15) is 51.4 Å². The van der Waals surface area contributed by atoms with E-state index in [1.54, 1.807) is 30.3 Å². The molecule has 0 amide bonds. The lowest BCUT2D eigenvalue weighted by Crippen LogP contribution is -2.29. The number of terminal acetylenes is 1. The zero-order valence-electron chi connectivity index (χ0n) is 16.3. The van der Waals surface area contributed by atoms with Crippen molar-refractivity contribution in [1.29, 1.82) is 0 Å². The summed E-state index contributed by atoms with van der Waals surface area (Å²) in [4.78, 5) is 12.3. The Morgan fingerprint density at radius 1 is 1.17 bits per heavy atom. The second kappa shape index (κ2) is 9.83. The van der Waals surface area contributed by atoms with Gasteiger partial charge in [-0.15, -0.1) is 0 Å². The third-order valence-corrected chi connectivity index (χ3v) is 4.69. The van der Waals surface area contributed by atoms with Crippen molar-refractivity contribution >= 4 is 5.97 Å². The van der Waals surface area contributed by atoms with E-state index in [4.69, 9.17) is 25.4 Å². The van der Waals surface area contributed by atoms with Crippen molar-refractivity contribution in [2.45, 2.75) is 45.1 Å². The van der Waals surface area contributed by atoms with Gasteiger partial charge in [0.05, 0.1) is 0 Å². The summed E-state index contributed by atoms with van der Waals surface area (Å²) in [5, 5.41) is 0. The molecule has 0 fully saturated rings. The normalized spacial score (nSPS) is 15.1. The van der Waals surface area contributed by atoms with E-state index in [2.05, 4.69) is 13.0 Å². The molecule has 0 aromatic heterocycles. The largest absolute Gasteiger partial charge is 0.458 e. The molecule has 5 nitrogen and oxygen atoms in total. The topological polar surface area (TPSA) is 54.0 Å². The maximum Gasteiger partial charge on any atom is 0.341 e. The minimum Gasteiger partial charge on any atom is -0.458 e. The average molecular weight is 402 g/mol. The summed E-state index contributed by atoms with van der Waals surface area (Å²) >= 11 is 0. The molecular formula is C23H27FO5. The third kappa shape index (κ3) is 5.20. The quantitative estimate of drug-likeness (QED) is 0.244. The first kappa shape index (κ1) is 20.5. The fourth-order valence-electron chi connectivity index (χ4n) is 3.21. The number of benzene rings is 2. The van der Waals surface area contributed by atoms with Crippen LogP contribution in [0.2, 0.25) is 0 Å². The van der Waals surface area contributed by atoms with Gasteiger partial charge in [0.25, 0.3) is 0 Å². The molecule has 0 bridgehead atoms. The number of esters is 1. The van der Waals surface area contributed by atoms with Crippen molar-refractivity contribution in [2.75, 3.05) is 6.79 Å². The van der Waals surface area contributed by atoms with Crippen LogP contribution in [-0.2, 0) is 11.2 Å². The molecule has 0 spiro atoms. The summed E-state index contributed by atoms with van der Waals surface area (Å²) in [7, 11) is 0. The van der Waals surface area contributed by atoms with E-state index in [0.29, 0.717) is 23.5 Å². The van der Waals surface area contributed by atoms with Crippen LogP contribution < -0.4 is 14.2 Å². The van der Waals surface area contributed by atoms with Crippen LogP contribution >= 0.6 is 0 Å². The average Bonchev–Trinajstić information content (AvgIpc) is 2.71. The second-order valence-electron chi connectivity index (χ2n) is 6.74. The summed E-state index contributed by atoms with van der Waals surface area (Å²) < 4.78 is 35.9. The maximum atomic E-state index is 14.8. The van der Waals surface area contributed by atoms with Gasteiger partial charge in [-0.1, -0.05) is 32.3 Å². The molecular weight excluding hydrogens is 375 g/mol. The summed E-state index contributed by atoms with van der Waals surface area (Å²) in [6.07, 6.45) is 11.4. The number of hydrogen-bond acceptors (Lipinski definition) is 5. The predicted molar refractivity (Wildman–Crippen MR) is 110 cm³/mol. The highest BCUT2D eigenvalue weighted by Crippen LogP contribution is 2.31. The Balaban J connectivity index is 0.00000240. The SMILES string of the molecule is C#COc1ccc(OCOc2ccc3c(c2F)C(=O)OC(CCCCC)C3)cc1.[HH].[HH]. The zero-order chi connectivity index (χ0) is 20.6. The van der Waals surface area contributed by atoms with Crippen LogP contribution in [0.15, 0.2) is 36.4 Å². The van der Waals surface area contributed by atoms with E-state index in [9.17, 15) is 9.18 Å². The number of carbonyl (C=O) groups is 1. The number of cyclic esters (lactones) is 1. The first-order valence-electron chi connectivity index (χ1n) is 9.62. The predicted octanol–water partition coefficient (Wildman–Crippen LogP) is 5.36. The van der Waals surface area contributed by atoms with Crippen LogP contribution in [0.3, 0.4) is 0 Å². The van der Waals surface area contributed by atoms with Crippen molar-refractivity contribution in [2.24, 2.45) is 0 Å². The lowest BCUT2D eigenvalue weighted by molar-refractivity contribution is 0.0222. The second-order valence-corrected chi connectivity index (χ2v) is 6.74. The van der Waals surface area contributed by atoms with Gasteiger partial charge in [-0.25, -0.2) is 9.18 Å². The van der Waals surface area contributed by atoms with Gasteiger partial charge in [-0.2, -0.15) is 0 Å². The van der Waals surface area contributed by atoms with Gasteiger partial charge < -0.3 is 18.9 Å². The van der Waals surface area contributed by atoms with Crippen LogP contribution in [0, 0.1) is 18.3 Å². The van der Waals surface area contributed by atoms with Crippen LogP contribution in [0.5, 0.6) is 17.2 Å². The Morgan fingerprint density at radius 3 is 2.66 bits per heavy atom. The molecule has 1 unspecified atom stereocenters. The Morgan fingerprint density at radius 2 is 1.93 bits per heavy atom. The minimum atomic E-state index is -0.721. The third-order valence-electron chi connectivity index (χ3n) is 4.69. The molecule has 156 valence electrons. The maximum absolute atomic E-state index is 14.8. The highest BCUT2D eigenvalue weighted by Gasteiger charge is 2.30. The van der Waals surface area contributed by atoms with Crippen molar-refractivity contribution in [3.8, 4) is 29.8 Å². The molecule has 3 rings (SSSR count). The summed E-state index contributed by atoms with van der Waals surface area (Å²) in [5.74, 6) is -0.408. The summed E-state index contributed by atoms with van der Waals surface area (Å²) in [6.45, 7) is 1.89. The Labute approximate surface area is 172 Å². The smallest absolute Gasteiger partial charge is 0.341 e. The van der Waals surface area contributed by atoms with Gasteiger partial charge in [0.1, 0.15) is 29.3 Å². The number of fused-ring (bicyclic) bond motifs is 1. The zero-order valence-corrected chi connectivity index (χ0v) is 16.3. The molecule has 2 aromatic carbocycles. The molecule has 1 aliphatic rings. The van der Waals surface area contributed by atoms with E-state index >= 15 is 0 Å². The highest BCUT2D eigenvalue weighted by molar-refractivity contribution is 5.93. The molecule has 2 aromatic rings. The number of ether oxygens (including phenoxy) is 4. The lowest BCUT2D eigenvalue weighted by Gasteiger charge is -2.25. The summed E-state index contributed by atoms with van der Waals surface area (Å²) in [5.41, 5.74) is 0.600. The molecule has 1 atom stereocenters. The number of hydrogen-bond donors (Lipinski definition) is 0.